The van der Waals surface area contributed by atoms with Gasteiger partial charge in [0, 0.05) is 5.69 Å². The third-order valence-electron chi connectivity index (χ3n) is 5.91. The minimum absolute atomic E-state index is 0.116. The van der Waals surface area contributed by atoms with E-state index < -0.39 is 23.4 Å². The lowest BCUT2D eigenvalue weighted by Gasteiger charge is -2.22. The Bertz CT molecular complexity index is 1080. The molecule has 1 aliphatic carbocycles. The molecule has 0 spiro atoms. The van der Waals surface area contributed by atoms with Crippen LogP contribution in [0.1, 0.15) is 30.0 Å². The van der Waals surface area contributed by atoms with Gasteiger partial charge >= 0.3 is 6.03 Å². The van der Waals surface area contributed by atoms with Gasteiger partial charge < -0.3 is 20.1 Å². The molecule has 2 aliphatic heterocycles. The number of ether oxygens (including phenoxy) is 2. The Morgan fingerprint density at radius 1 is 1.10 bits per heavy atom. The highest BCUT2D eigenvalue weighted by Gasteiger charge is 2.49. The normalized spacial score (nSPS) is 21.6. The Morgan fingerprint density at radius 3 is 2.77 bits per heavy atom. The Balaban J connectivity index is 1.31. The first kappa shape index (κ1) is 18.5. The molecule has 2 aromatic carbocycles. The van der Waals surface area contributed by atoms with Crippen molar-refractivity contribution in [2.45, 2.75) is 31.7 Å². The van der Waals surface area contributed by atoms with Crippen molar-refractivity contribution in [2.24, 2.45) is 0 Å². The smallest absolute Gasteiger partial charge is 0.325 e. The van der Waals surface area contributed by atoms with Crippen molar-refractivity contribution >= 4 is 23.5 Å². The maximum absolute atomic E-state index is 13.1. The third-order valence-corrected chi connectivity index (χ3v) is 5.91. The Labute approximate surface area is 173 Å². The fourth-order valence-corrected chi connectivity index (χ4v) is 4.24. The predicted molar refractivity (Wildman–Crippen MR) is 107 cm³/mol. The number of anilines is 1. The molecule has 0 radical (unpaired) electrons. The summed E-state index contributed by atoms with van der Waals surface area (Å²) in [5.41, 5.74) is 2.49. The maximum atomic E-state index is 13.1. The monoisotopic (exact) mass is 407 g/mol. The van der Waals surface area contributed by atoms with Gasteiger partial charge in [0.15, 0.2) is 11.5 Å². The van der Waals surface area contributed by atoms with Crippen molar-refractivity contribution in [3.8, 4) is 11.5 Å². The number of amides is 4. The number of rotatable bonds is 4. The van der Waals surface area contributed by atoms with Crippen molar-refractivity contribution in [2.75, 3.05) is 18.7 Å². The molecule has 8 heteroatoms. The number of nitrogens with one attached hydrogen (secondary N) is 2. The highest BCUT2D eigenvalue weighted by molar-refractivity contribution is 6.10. The molecule has 0 bridgehead atoms. The molecule has 154 valence electrons. The fourth-order valence-electron chi connectivity index (χ4n) is 4.24. The van der Waals surface area contributed by atoms with E-state index in [1.54, 1.807) is 25.1 Å². The summed E-state index contributed by atoms with van der Waals surface area (Å²) >= 11 is 0. The number of hydrogen-bond acceptors (Lipinski definition) is 5. The molecule has 0 saturated carbocycles. The van der Waals surface area contributed by atoms with Gasteiger partial charge in [0.1, 0.15) is 12.1 Å². The van der Waals surface area contributed by atoms with Gasteiger partial charge in [-0.2, -0.15) is 0 Å². The van der Waals surface area contributed by atoms with Crippen LogP contribution >= 0.6 is 0 Å². The molecule has 5 rings (SSSR count). The van der Waals surface area contributed by atoms with Crippen LogP contribution in [-0.4, -0.2) is 36.1 Å². The molecule has 1 fully saturated rings. The minimum Gasteiger partial charge on any atom is -0.454 e. The number of hydrogen-bond donors (Lipinski definition) is 2. The summed E-state index contributed by atoms with van der Waals surface area (Å²) < 4.78 is 10.7. The van der Waals surface area contributed by atoms with Gasteiger partial charge in [-0.3, -0.25) is 14.5 Å². The largest absolute Gasteiger partial charge is 0.454 e. The highest BCUT2D eigenvalue weighted by Crippen LogP contribution is 2.37. The van der Waals surface area contributed by atoms with Crippen LogP contribution in [-0.2, 0) is 28.0 Å². The summed E-state index contributed by atoms with van der Waals surface area (Å²) in [6, 6.07) is 10.3. The van der Waals surface area contributed by atoms with Crippen LogP contribution in [0.25, 0.3) is 0 Å². The molecule has 1 unspecified atom stereocenters. The van der Waals surface area contributed by atoms with E-state index in [2.05, 4.69) is 10.6 Å². The Hall–Kier alpha value is -3.55. The first-order valence-electron chi connectivity index (χ1n) is 9.90. The van der Waals surface area contributed by atoms with E-state index >= 15 is 0 Å². The molecule has 0 aromatic heterocycles. The van der Waals surface area contributed by atoms with Crippen molar-refractivity contribution in [1.29, 1.82) is 0 Å². The third kappa shape index (κ3) is 2.96. The SMILES string of the molecule is CC1(c2ccc3c(c2)OCO3)NC(=O)N(CC(=O)Nc2ccc3c(c2)CCC3)C1=O. The van der Waals surface area contributed by atoms with Gasteiger partial charge in [-0.15, -0.1) is 0 Å². The van der Waals surface area contributed by atoms with Crippen LogP contribution in [0.2, 0.25) is 0 Å². The van der Waals surface area contributed by atoms with Crippen LogP contribution in [0.5, 0.6) is 11.5 Å². The van der Waals surface area contributed by atoms with Crippen LogP contribution < -0.4 is 20.1 Å². The molecule has 2 N–H and O–H groups in total. The van der Waals surface area contributed by atoms with Crippen molar-refractivity contribution in [3.63, 3.8) is 0 Å². The van der Waals surface area contributed by atoms with E-state index in [4.69, 9.17) is 9.47 Å². The number of imide groups is 1. The summed E-state index contributed by atoms with van der Waals surface area (Å²) in [5.74, 6) is 0.190. The van der Waals surface area contributed by atoms with Crippen LogP contribution in [0.3, 0.4) is 0 Å². The molecule has 1 atom stereocenters. The second kappa shape index (κ2) is 6.76. The number of nitrogens with zero attached hydrogens (tertiary/aromatic N) is 1. The summed E-state index contributed by atoms with van der Waals surface area (Å²) in [7, 11) is 0. The van der Waals surface area contributed by atoms with Gasteiger partial charge in [-0.05, 0) is 67.1 Å². The summed E-state index contributed by atoms with van der Waals surface area (Å²) in [6.07, 6.45) is 3.18. The zero-order valence-electron chi connectivity index (χ0n) is 16.5. The van der Waals surface area contributed by atoms with Crippen molar-refractivity contribution in [1.82, 2.24) is 10.2 Å². The van der Waals surface area contributed by atoms with Gasteiger partial charge in [0.2, 0.25) is 12.7 Å². The second-order valence-corrected chi connectivity index (χ2v) is 7.90. The molecule has 3 aliphatic rings. The Morgan fingerprint density at radius 2 is 1.90 bits per heavy atom. The lowest BCUT2D eigenvalue weighted by atomic mass is 9.91. The quantitative estimate of drug-likeness (QED) is 0.758. The van der Waals surface area contributed by atoms with Gasteiger partial charge in [-0.1, -0.05) is 12.1 Å². The highest BCUT2D eigenvalue weighted by atomic mass is 16.7. The van der Waals surface area contributed by atoms with E-state index in [1.165, 1.54) is 11.1 Å². The van der Waals surface area contributed by atoms with E-state index in [9.17, 15) is 14.4 Å². The first-order valence-corrected chi connectivity index (χ1v) is 9.90. The minimum atomic E-state index is -1.29. The number of carbonyl (C=O) groups excluding carboxylic acids is 3. The van der Waals surface area contributed by atoms with Gasteiger partial charge in [0.25, 0.3) is 5.91 Å². The molecule has 8 nitrogen and oxygen atoms in total. The first-order chi connectivity index (χ1) is 14.4. The molecule has 2 aromatic rings. The molecule has 2 heterocycles. The zero-order valence-corrected chi connectivity index (χ0v) is 16.5. The van der Waals surface area contributed by atoms with E-state index in [1.807, 2.05) is 18.2 Å². The van der Waals surface area contributed by atoms with E-state index in [0.717, 1.165) is 24.2 Å². The molecule has 1 saturated heterocycles. The lowest BCUT2D eigenvalue weighted by molar-refractivity contribution is -0.133. The standard InChI is InChI=1S/C22H21N3O5/c1-22(15-6-8-17-18(10-15)30-12-29-17)20(27)25(21(28)24-22)11-19(26)23-16-7-5-13-3-2-4-14(13)9-16/h5-10H,2-4,11-12H2,1H3,(H,23,26)(H,24,28). The molecular formula is C22H21N3O5. The number of fused-ring (bicyclic) bond motifs is 2. The van der Waals surface area contributed by atoms with Gasteiger partial charge in [0.05, 0.1) is 0 Å². The number of benzene rings is 2. The van der Waals surface area contributed by atoms with Crippen LogP contribution in [0.15, 0.2) is 36.4 Å². The van der Waals surface area contributed by atoms with E-state index in [0.29, 0.717) is 22.7 Å². The molecule has 30 heavy (non-hydrogen) atoms. The summed E-state index contributed by atoms with van der Waals surface area (Å²) in [5, 5.41) is 5.49. The van der Waals surface area contributed by atoms with E-state index in [-0.39, 0.29) is 13.3 Å². The zero-order chi connectivity index (χ0) is 20.9. The molecular weight excluding hydrogens is 386 g/mol. The molecule has 4 amide bonds. The summed E-state index contributed by atoms with van der Waals surface area (Å²) in [4.78, 5) is 39.1. The maximum Gasteiger partial charge on any atom is 0.325 e. The van der Waals surface area contributed by atoms with Gasteiger partial charge in [-0.25, -0.2) is 4.79 Å². The Kier molecular flexibility index (Phi) is 4.16. The second-order valence-electron chi connectivity index (χ2n) is 7.90. The van der Waals surface area contributed by atoms with Crippen LogP contribution in [0, 0.1) is 0 Å². The lowest BCUT2D eigenvalue weighted by Crippen LogP contribution is -2.42. The summed E-state index contributed by atoms with van der Waals surface area (Å²) in [6.45, 7) is 1.37. The predicted octanol–water partition coefficient (Wildman–Crippen LogP) is 2.31. The number of urea groups is 1. The fraction of sp³-hybridized carbons (Fsp3) is 0.318. The number of carbonyl (C=O) groups is 3. The average molecular weight is 407 g/mol. The van der Waals surface area contributed by atoms with Crippen molar-refractivity contribution in [3.05, 3.63) is 53.1 Å². The topological polar surface area (TPSA) is 97.0 Å². The average Bonchev–Trinajstić information content (AvgIpc) is 3.43. The number of aryl methyl sites for hydroxylation is 2. The van der Waals surface area contributed by atoms with Crippen molar-refractivity contribution < 1.29 is 23.9 Å². The van der Waals surface area contributed by atoms with Crippen LogP contribution in [0.4, 0.5) is 10.5 Å².